The lowest BCUT2D eigenvalue weighted by Gasteiger charge is -2.21. The fourth-order valence-corrected chi connectivity index (χ4v) is 5.10. The maximum atomic E-state index is 13.1. The number of aromatic nitrogens is 4. The van der Waals surface area contributed by atoms with Crippen molar-refractivity contribution in [1.82, 2.24) is 28.9 Å². The number of aryl methyl sites for hydroxylation is 1. The molecule has 0 atom stereocenters. The number of imide groups is 2. The number of nitrogens with one attached hydrogen (secondary N) is 1. The van der Waals surface area contributed by atoms with Crippen LogP contribution in [0.2, 0.25) is 0 Å². The topological polar surface area (TPSA) is 130 Å². The molecule has 1 saturated carbocycles. The fraction of sp³-hybridized carbons (Fsp3) is 0.440. The largest absolute Gasteiger partial charge is 0.334 e. The highest BCUT2D eigenvalue weighted by molar-refractivity contribution is 6.44. The lowest BCUT2D eigenvalue weighted by atomic mass is 10.2. The number of imidazole rings is 1. The van der Waals surface area contributed by atoms with E-state index in [-0.39, 0.29) is 36.1 Å². The van der Waals surface area contributed by atoms with Crippen molar-refractivity contribution < 1.29 is 14.4 Å². The van der Waals surface area contributed by atoms with Crippen LogP contribution in [-0.2, 0) is 29.2 Å². The Balaban J connectivity index is 1.58. The first-order valence-corrected chi connectivity index (χ1v) is 12.4. The summed E-state index contributed by atoms with van der Waals surface area (Å²) in [6, 6.07) is 8.38. The van der Waals surface area contributed by atoms with Crippen LogP contribution in [0.5, 0.6) is 0 Å². The Morgan fingerprint density at radius 1 is 0.944 bits per heavy atom. The third kappa shape index (κ3) is 4.04. The van der Waals surface area contributed by atoms with Gasteiger partial charge in [-0.2, -0.15) is 0 Å². The number of hydrogen-bond acceptors (Lipinski definition) is 6. The molecule has 11 heteroatoms. The summed E-state index contributed by atoms with van der Waals surface area (Å²) in [6.07, 6.45) is 4.74. The van der Waals surface area contributed by atoms with Gasteiger partial charge in [-0.1, -0.05) is 56.5 Å². The zero-order chi connectivity index (χ0) is 25.4. The number of fused-ring (bicyclic) bond motifs is 1. The van der Waals surface area contributed by atoms with Crippen LogP contribution >= 0.6 is 0 Å². The Morgan fingerprint density at radius 2 is 1.67 bits per heavy atom. The van der Waals surface area contributed by atoms with Gasteiger partial charge in [-0.15, -0.1) is 0 Å². The molecule has 11 nitrogen and oxygen atoms in total. The van der Waals surface area contributed by atoms with Gasteiger partial charge < -0.3 is 4.57 Å². The van der Waals surface area contributed by atoms with Crippen molar-refractivity contribution in [1.29, 1.82) is 0 Å². The molecular formula is C25H28N6O5. The van der Waals surface area contributed by atoms with E-state index in [4.69, 9.17) is 0 Å². The Morgan fingerprint density at radius 3 is 2.36 bits per heavy atom. The van der Waals surface area contributed by atoms with Crippen LogP contribution in [0.25, 0.3) is 11.2 Å². The van der Waals surface area contributed by atoms with Gasteiger partial charge in [0.15, 0.2) is 11.2 Å². The highest BCUT2D eigenvalue weighted by Gasteiger charge is 2.48. The molecule has 4 amide bonds. The highest BCUT2D eigenvalue weighted by atomic mass is 16.2. The van der Waals surface area contributed by atoms with Gasteiger partial charge in [-0.05, 0) is 24.8 Å². The summed E-state index contributed by atoms with van der Waals surface area (Å²) >= 11 is 0. The normalized spacial score (nSPS) is 16.8. The van der Waals surface area contributed by atoms with E-state index in [1.165, 1.54) is 4.57 Å². The van der Waals surface area contributed by atoms with Gasteiger partial charge in [0, 0.05) is 12.6 Å². The fourth-order valence-electron chi connectivity index (χ4n) is 5.10. The minimum absolute atomic E-state index is 0.178. The van der Waals surface area contributed by atoms with Crippen LogP contribution in [0.1, 0.15) is 56.8 Å². The van der Waals surface area contributed by atoms with Crippen molar-refractivity contribution in [3.63, 3.8) is 0 Å². The highest BCUT2D eigenvalue weighted by Crippen LogP contribution is 2.28. The number of benzene rings is 1. The van der Waals surface area contributed by atoms with Crippen molar-refractivity contribution in [2.45, 2.75) is 71.1 Å². The van der Waals surface area contributed by atoms with Gasteiger partial charge in [-0.25, -0.2) is 19.5 Å². The Kier molecular flexibility index (Phi) is 6.29. The minimum atomic E-state index is -0.892. The van der Waals surface area contributed by atoms with Crippen molar-refractivity contribution >= 4 is 29.0 Å². The molecule has 3 heterocycles. The minimum Gasteiger partial charge on any atom is -0.321 e. The number of carbonyl (C=O) groups excluding carboxylic acids is 3. The van der Waals surface area contributed by atoms with Crippen molar-refractivity contribution in [2.75, 3.05) is 0 Å². The first kappa shape index (κ1) is 23.7. The van der Waals surface area contributed by atoms with Gasteiger partial charge in [0.1, 0.15) is 5.82 Å². The van der Waals surface area contributed by atoms with Crippen LogP contribution in [0.15, 0.2) is 39.9 Å². The maximum Gasteiger partial charge on any atom is 0.334 e. The molecule has 0 radical (unpaired) electrons. The Hall–Kier alpha value is -4.02. The SMILES string of the molecule is CCCCn1c(CN2C(=O)C(=O)N(C3CCCC3)C2=O)nc2c1c(=O)[nH]c(=O)n2Cc1ccccc1. The van der Waals surface area contributed by atoms with E-state index in [0.29, 0.717) is 25.8 Å². The van der Waals surface area contributed by atoms with E-state index in [1.54, 1.807) is 4.57 Å². The van der Waals surface area contributed by atoms with Crippen molar-refractivity contribution in [3.8, 4) is 0 Å². The third-order valence-electron chi connectivity index (χ3n) is 6.96. The summed E-state index contributed by atoms with van der Waals surface area (Å²) in [6.45, 7) is 2.34. The monoisotopic (exact) mass is 492 g/mol. The van der Waals surface area contributed by atoms with Crippen molar-refractivity contribution in [3.05, 3.63) is 62.6 Å². The molecule has 1 saturated heterocycles. The summed E-state index contributed by atoms with van der Waals surface area (Å²) in [4.78, 5) is 73.2. The van der Waals surface area contributed by atoms with E-state index >= 15 is 0 Å². The number of urea groups is 1. The summed E-state index contributed by atoms with van der Waals surface area (Å²) in [5.74, 6) is -1.43. The molecule has 1 aliphatic carbocycles. The number of rotatable bonds is 8. The van der Waals surface area contributed by atoms with Gasteiger partial charge >= 0.3 is 23.5 Å². The van der Waals surface area contributed by atoms with E-state index in [0.717, 1.165) is 34.6 Å². The molecule has 0 unspecified atom stereocenters. The van der Waals surface area contributed by atoms with Crippen LogP contribution in [0, 0.1) is 0 Å². The van der Waals surface area contributed by atoms with Crippen molar-refractivity contribution in [2.24, 2.45) is 0 Å². The zero-order valence-corrected chi connectivity index (χ0v) is 20.1. The summed E-state index contributed by atoms with van der Waals surface area (Å²) in [5, 5.41) is 0. The van der Waals surface area contributed by atoms with Crippen LogP contribution in [-0.4, -0.2) is 52.8 Å². The van der Waals surface area contributed by atoms with E-state index in [2.05, 4.69) is 9.97 Å². The Bertz CT molecular complexity index is 1450. The van der Waals surface area contributed by atoms with E-state index in [1.807, 2.05) is 37.3 Å². The summed E-state index contributed by atoms with van der Waals surface area (Å²) in [5.41, 5.74) is 0.0417. The number of H-pyrrole nitrogens is 1. The van der Waals surface area contributed by atoms with Crippen LogP contribution < -0.4 is 11.2 Å². The van der Waals surface area contributed by atoms with Gasteiger partial charge in [0.2, 0.25) is 0 Å². The number of nitrogens with zero attached hydrogens (tertiary/aromatic N) is 5. The molecule has 3 aromatic rings. The molecule has 5 rings (SSSR count). The van der Waals surface area contributed by atoms with Gasteiger partial charge in [-0.3, -0.25) is 28.8 Å². The standard InChI is InChI=1S/C25H28N6O5/c1-2-3-13-28-18(15-30-22(33)23(34)31(25(30)36)17-11-7-8-12-17)26-20-19(28)21(32)27-24(35)29(20)14-16-9-5-4-6-10-16/h4-6,9-10,17H,2-3,7-8,11-15H2,1H3,(H,27,32,35). The summed E-state index contributed by atoms with van der Waals surface area (Å²) < 4.78 is 3.03. The molecule has 1 aromatic carbocycles. The predicted octanol–water partition coefficient (Wildman–Crippen LogP) is 1.97. The molecule has 2 aromatic heterocycles. The first-order chi connectivity index (χ1) is 17.4. The smallest absolute Gasteiger partial charge is 0.321 e. The van der Waals surface area contributed by atoms with Gasteiger partial charge in [0.25, 0.3) is 5.56 Å². The zero-order valence-electron chi connectivity index (χ0n) is 20.1. The number of hydrogen-bond donors (Lipinski definition) is 1. The van der Waals surface area contributed by atoms with E-state index in [9.17, 15) is 24.0 Å². The molecule has 0 spiro atoms. The van der Waals surface area contributed by atoms with Gasteiger partial charge in [0.05, 0.1) is 13.1 Å². The number of aromatic amines is 1. The molecule has 188 valence electrons. The average molecular weight is 493 g/mol. The predicted molar refractivity (Wildman–Crippen MR) is 130 cm³/mol. The lowest BCUT2D eigenvalue weighted by molar-refractivity contribution is -0.144. The number of carbonyl (C=O) groups is 3. The molecule has 1 aliphatic heterocycles. The molecule has 36 heavy (non-hydrogen) atoms. The molecule has 1 N–H and O–H groups in total. The van der Waals surface area contributed by atoms with Crippen LogP contribution in [0.4, 0.5) is 4.79 Å². The quantitative estimate of drug-likeness (QED) is 0.378. The molecule has 2 aliphatic rings. The number of unbranched alkanes of at least 4 members (excludes halogenated alkanes) is 1. The van der Waals surface area contributed by atoms with E-state index < -0.39 is 29.1 Å². The molecule has 2 fully saturated rings. The lowest BCUT2D eigenvalue weighted by Crippen LogP contribution is -2.39. The van der Waals surface area contributed by atoms with Crippen LogP contribution in [0.3, 0.4) is 0 Å². The second kappa shape index (κ2) is 9.56. The third-order valence-corrected chi connectivity index (χ3v) is 6.96. The molecule has 0 bridgehead atoms. The summed E-state index contributed by atoms with van der Waals surface area (Å²) in [7, 11) is 0. The first-order valence-electron chi connectivity index (χ1n) is 12.4. The molecular weight excluding hydrogens is 464 g/mol. The Labute approximate surface area is 206 Å². The number of amides is 4. The second-order valence-corrected chi connectivity index (χ2v) is 9.32. The second-order valence-electron chi connectivity index (χ2n) is 9.32. The average Bonchev–Trinajstić information content (AvgIpc) is 3.56. The maximum absolute atomic E-state index is 13.1.